The number of carbonyl (C=O) groups excluding carboxylic acids is 1. The molecule has 2 N–H and O–H groups in total. The third-order valence-electron chi connectivity index (χ3n) is 5.75. The first-order valence-corrected chi connectivity index (χ1v) is 10.7. The monoisotopic (exact) mass is 394 g/mol. The molecule has 1 saturated carbocycles. The molecule has 1 aromatic carbocycles. The van der Waals surface area contributed by atoms with E-state index in [1.54, 1.807) is 19.1 Å². The second-order valence-corrected chi connectivity index (χ2v) is 9.58. The molecule has 0 radical (unpaired) electrons. The number of piperidine rings is 1. The van der Waals surface area contributed by atoms with Crippen LogP contribution in [0, 0.1) is 19.8 Å². The van der Waals surface area contributed by atoms with Gasteiger partial charge in [-0.3, -0.25) is 4.79 Å². The Balaban J connectivity index is 1.64. The van der Waals surface area contributed by atoms with Crippen LogP contribution in [0.1, 0.15) is 43.2 Å². The molecule has 0 bridgehead atoms. The molecule has 1 aromatic rings. The summed E-state index contributed by atoms with van der Waals surface area (Å²) < 4.78 is 27.3. The highest BCUT2D eigenvalue weighted by atomic mass is 32.2. The van der Waals surface area contributed by atoms with E-state index < -0.39 is 21.5 Å². The van der Waals surface area contributed by atoms with E-state index in [-0.39, 0.29) is 24.9 Å². The van der Waals surface area contributed by atoms with E-state index >= 15 is 0 Å². The first-order valence-electron chi connectivity index (χ1n) is 9.28. The average molecular weight is 394 g/mol. The van der Waals surface area contributed by atoms with Crippen LogP contribution in [0.3, 0.4) is 0 Å². The average Bonchev–Trinajstić information content (AvgIpc) is 2.57. The van der Waals surface area contributed by atoms with Gasteiger partial charge in [-0.05, 0) is 57.6 Å². The van der Waals surface area contributed by atoms with Gasteiger partial charge in [0.15, 0.2) is 0 Å². The van der Waals surface area contributed by atoms with Gasteiger partial charge in [0.1, 0.15) is 5.54 Å². The number of nitrogens with zero attached hydrogens (tertiary/aromatic N) is 1. The molecule has 148 valence electrons. The summed E-state index contributed by atoms with van der Waals surface area (Å²) in [4.78, 5) is 24.2. The molecule has 2 aliphatic rings. The predicted octanol–water partition coefficient (Wildman–Crippen LogP) is 1.83. The van der Waals surface area contributed by atoms with E-state index in [1.165, 1.54) is 4.31 Å². The summed E-state index contributed by atoms with van der Waals surface area (Å²) in [6, 6.07) is 5.26. The van der Waals surface area contributed by atoms with E-state index in [1.807, 2.05) is 13.0 Å². The molecule has 2 fully saturated rings. The van der Waals surface area contributed by atoms with Crippen molar-refractivity contribution in [3.63, 3.8) is 0 Å². The van der Waals surface area contributed by atoms with Crippen LogP contribution >= 0.6 is 0 Å². The second kappa shape index (κ2) is 7.24. The number of nitrogens with one attached hydrogen (secondary N) is 1. The van der Waals surface area contributed by atoms with Crippen molar-refractivity contribution in [1.82, 2.24) is 9.62 Å². The molecule has 1 saturated heterocycles. The zero-order valence-electron chi connectivity index (χ0n) is 15.7. The number of carbonyl (C=O) groups is 2. The van der Waals surface area contributed by atoms with Crippen molar-refractivity contribution in [3.05, 3.63) is 29.3 Å². The molecule has 27 heavy (non-hydrogen) atoms. The largest absolute Gasteiger partial charge is 0.480 e. The molecule has 0 spiro atoms. The molecular weight excluding hydrogens is 368 g/mol. The Bertz CT molecular complexity index is 853. The van der Waals surface area contributed by atoms with Gasteiger partial charge in [-0.15, -0.1) is 0 Å². The molecule has 1 aliphatic heterocycles. The number of aliphatic carboxylic acids is 1. The Morgan fingerprint density at radius 2 is 1.81 bits per heavy atom. The fourth-order valence-electron chi connectivity index (χ4n) is 3.85. The summed E-state index contributed by atoms with van der Waals surface area (Å²) in [5.41, 5.74) is 0.590. The van der Waals surface area contributed by atoms with Crippen molar-refractivity contribution in [3.8, 4) is 0 Å². The number of aryl methyl sites for hydroxylation is 2. The van der Waals surface area contributed by atoms with Crippen molar-refractivity contribution in [2.75, 3.05) is 13.1 Å². The number of benzene rings is 1. The van der Waals surface area contributed by atoms with Crippen LogP contribution in [0.2, 0.25) is 0 Å². The highest BCUT2D eigenvalue weighted by Gasteiger charge is 2.46. The predicted molar refractivity (Wildman–Crippen MR) is 99.8 cm³/mol. The summed E-state index contributed by atoms with van der Waals surface area (Å²) in [5, 5.41) is 12.0. The Morgan fingerprint density at radius 3 is 2.30 bits per heavy atom. The smallest absolute Gasteiger partial charge is 0.329 e. The summed E-state index contributed by atoms with van der Waals surface area (Å²) in [7, 11) is -3.59. The van der Waals surface area contributed by atoms with Gasteiger partial charge >= 0.3 is 5.97 Å². The SMILES string of the molecule is Cc1ccc(S(=O)(=O)N2CCC(C(=O)NC3(C(=O)O)CCC3)CC2)c(C)c1. The fourth-order valence-corrected chi connectivity index (χ4v) is 5.52. The van der Waals surface area contributed by atoms with Gasteiger partial charge in [0.2, 0.25) is 15.9 Å². The second-order valence-electron chi connectivity index (χ2n) is 7.68. The van der Waals surface area contributed by atoms with Gasteiger partial charge in [-0.2, -0.15) is 4.31 Å². The number of hydrogen-bond acceptors (Lipinski definition) is 4. The standard InChI is InChI=1S/C19H26N2O5S/c1-13-4-5-16(14(2)12-13)27(25,26)21-10-6-15(7-11-21)17(22)20-19(18(23)24)8-3-9-19/h4-5,12,15H,3,6-11H2,1-2H3,(H,20,22)(H,23,24). The summed E-state index contributed by atoms with van der Waals surface area (Å²) in [6.07, 6.45) is 2.48. The van der Waals surface area contributed by atoms with Crippen molar-refractivity contribution in [2.24, 2.45) is 5.92 Å². The zero-order valence-corrected chi connectivity index (χ0v) is 16.5. The Hall–Kier alpha value is -1.93. The molecule has 7 nitrogen and oxygen atoms in total. The number of carboxylic acid groups (broad SMARTS) is 1. The normalized spacial score (nSPS) is 20.7. The third kappa shape index (κ3) is 3.73. The van der Waals surface area contributed by atoms with Crippen LogP contribution in [0.25, 0.3) is 0 Å². The molecule has 1 heterocycles. The quantitative estimate of drug-likeness (QED) is 0.793. The maximum Gasteiger partial charge on any atom is 0.329 e. The summed E-state index contributed by atoms with van der Waals surface area (Å²) >= 11 is 0. The number of hydrogen-bond donors (Lipinski definition) is 2. The summed E-state index contributed by atoms with van der Waals surface area (Å²) in [5.74, 6) is -1.62. The molecular formula is C19H26N2O5S. The lowest BCUT2D eigenvalue weighted by atomic mass is 9.76. The Labute approximate surface area is 159 Å². The number of amides is 1. The molecule has 0 aromatic heterocycles. The van der Waals surface area contributed by atoms with E-state index in [4.69, 9.17) is 0 Å². The van der Waals surface area contributed by atoms with E-state index in [2.05, 4.69) is 5.32 Å². The lowest BCUT2D eigenvalue weighted by Gasteiger charge is -2.40. The maximum atomic E-state index is 12.9. The van der Waals surface area contributed by atoms with Crippen LogP contribution in [0.15, 0.2) is 23.1 Å². The number of carboxylic acids is 1. The van der Waals surface area contributed by atoms with Gasteiger partial charge in [-0.1, -0.05) is 17.7 Å². The van der Waals surface area contributed by atoms with Crippen molar-refractivity contribution in [1.29, 1.82) is 0 Å². The van der Waals surface area contributed by atoms with E-state index in [0.717, 1.165) is 12.0 Å². The number of rotatable bonds is 5. The van der Waals surface area contributed by atoms with Crippen molar-refractivity contribution in [2.45, 2.75) is 56.4 Å². The summed E-state index contributed by atoms with van der Waals surface area (Å²) in [6.45, 7) is 4.21. The minimum absolute atomic E-state index is 0.258. The third-order valence-corrected chi connectivity index (χ3v) is 7.81. The molecule has 1 amide bonds. The van der Waals surface area contributed by atoms with E-state index in [9.17, 15) is 23.1 Å². The van der Waals surface area contributed by atoms with Gasteiger partial charge in [-0.25, -0.2) is 13.2 Å². The first kappa shape index (κ1) is 19.8. The molecule has 0 atom stereocenters. The molecule has 8 heteroatoms. The van der Waals surface area contributed by atoms with Gasteiger partial charge in [0.05, 0.1) is 4.90 Å². The fraction of sp³-hybridized carbons (Fsp3) is 0.579. The lowest BCUT2D eigenvalue weighted by Crippen LogP contribution is -2.60. The molecule has 1 aliphatic carbocycles. The van der Waals surface area contributed by atoms with Gasteiger partial charge in [0, 0.05) is 19.0 Å². The van der Waals surface area contributed by atoms with Crippen molar-refractivity contribution < 1.29 is 23.1 Å². The maximum absolute atomic E-state index is 12.9. The Morgan fingerprint density at radius 1 is 1.19 bits per heavy atom. The van der Waals surface area contributed by atoms with Crippen LogP contribution < -0.4 is 5.32 Å². The van der Waals surface area contributed by atoms with E-state index in [0.29, 0.717) is 36.1 Å². The van der Waals surface area contributed by atoms with Gasteiger partial charge in [0.25, 0.3) is 0 Å². The Kier molecular flexibility index (Phi) is 5.31. The van der Waals surface area contributed by atoms with Crippen LogP contribution in [-0.4, -0.2) is 48.3 Å². The molecule has 0 unspecified atom stereocenters. The van der Waals surface area contributed by atoms with Gasteiger partial charge < -0.3 is 10.4 Å². The minimum atomic E-state index is -3.59. The van der Waals surface area contributed by atoms with Crippen LogP contribution in [-0.2, 0) is 19.6 Å². The zero-order chi connectivity index (χ0) is 19.8. The number of sulfonamides is 1. The highest BCUT2D eigenvalue weighted by Crippen LogP contribution is 2.33. The minimum Gasteiger partial charge on any atom is -0.480 e. The lowest BCUT2D eigenvalue weighted by molar-refractivity contribution is -0.152. The van der Waals surface area contributed by atoms with Crippen LogP contribution in [0.5, 0.6) is 0 Å². The first-order chi connectivity index (χ1) is 12.7. The van der Waals surface area contributed by atoms with Crippen LogP contribution in [0.4, 0.5) is 0 Å². The highest BCUT2D eigenvalue weighted by molar-refractivity contribution is 7.89. The molecule has 3 rings (SSSR count). The van der Waals surface area contributed by atoms with Crippen molar-refractivity contribution >= 4 is 21.9 Å². The topological polar surface area (TPSA) is 104 Å².